The van der Waals surface area contributed by atoms with Gasteiger partial charge in [-0.05, 0) is 31.0 Å². The minimum Gasteiger partial charge on any atom is -0.508 e. The molecule has 0 radical (unpaired) electrons. The van der Waals surface area contributed by atoms with E-state index < -0.39 is 6.04 Å². The molecule has 4 heteroatoms. The number of aromatic hydroxyl groups is 1. The molecule has 0 bridgehead atoms. The molecule has 0 aliphatic carbocycles. The van der Waals surface area contributed by atoms with Crippen LogP contribution >= 0.6 is 0 Å². The first-order valence-corrected chi connectivity index (χ1v) is 5.39. The Bertz CT molecular complexity index is 366. The van der Waals surface area contributed by atoms with Gasteiger partial charge in [-0.25, -0.2) is 0 Å². The van der Waals surface area contributed by atoms with Crippen molar-refractivity contribution in [2.75, 3.05) is 0 Å². The van der Waals surface area contributed by atoms with Crippen molar-refractivity contribution in [1.82, 2.24) is 5.32 Å². The van der Waals surface area contributed by atoms with Gasteiger partial charge >= 0.3 is 0 Å². The van der Waals surface area contributed by atoms with E-state index in [1.54, 1.807) is 18.2 Å². The Hall–Kier alpha value is -1.55. The average molecular weight is 222 g/mol. The van der Waals surface area contributed by atoms with Gasteiger partial charge in [-0.1, -0.05) is 19.1 Å². The molecule has 4 nitrogen and oxygen atoms in total. The van der Waals surface area contributed by atoms with Gasteiger partial charge in [0, 0.05) is 0 Å². The first kappa shape index (κ1) is 12.5. The van der Waals surface area contributed by atoms with Crippen molar-refractivity contribution in [2.45, 2.75) is 32.4 Å². The summed E-state index contributed by atoms with van der Waals surface area (Å²) in [7, 11) is 0. The predicted octanol–water partition coefficient (Wildman–Crippen LogP) is 1.31. The maximum absolute atomic E-state index is 11.5. The summed E-state index contributed by atoms with van der Waals surface area (Å²) in [6.45, 7) is 3.72. The zero-order valence-corrected chi connectivity index (χ0v) is 9.60. The number of carbonyl (C=O) groups excluding carboxylic acids is 1. The molecule has 2 atom stereocenters. The molecule has 0 saturated heterocycles. The van der Waals surface area contributed by atoms with Crippen molar-refractivity contribution in [2.24, 2.45) is 5.73 Å². The third-order valence-electron chi connectivity index (χ3n) is 2.51. The van der Waals surface area contributed by atoms with Gasteiger partial charge in [0.15, 0.2) is 0 Å². The van der Waals surface area contributed by atoms with Crippen LogP contribution < -0.4 is 11.1 Å². The number of carbonyl (C=O) groups is 1. The number of hydrogen-bond acceptors (Lipinski definition) is 3. The Balaban J connectivity index is 2.65. The molecule has 0 heterocycles. The lowest BCUT2D eigenvalue weighted by molar-refractivity contribution is -0.123. The molecule has 1 aromatic carbocycles. The van der Waals surface area contributed by atoms with Gasteiger partial charge in [-0.15, -0.1) is 0 Å². The molecular weight excluding hydrogens is 204 g/mol. The highest BCUT2D eigenvalue weighted by Crippen LogP contribution is 2.17. The number of amides is 1. The van der Waals surface area contributed by atoms with Crippen LogP contribution in [-0.2, 0) is 4.79 Å². The summed E-state index contributed by atoms with van der Waals surface area (Å²) in [6, 6.07) is 6.19. The molecule has 4 N–H and O–H groups in total. The maximum atomic E-state index is 11.5. The second-order valence-electron chi connectivity index (χ2n) is 3.84. The largest absolute Gasteiger partial charge is 0.508 e. The molecule has 0 fully saturated rings. The third kappa shape index (κ3) is 3.24. The van der Waals surface area contributed by atoms with Gasteiger partial charge in [0.1, 0.15) is 5.75 Å². The topological polar surface area (TPSA) is 75.4 Å². The summed E-state index contributed by atoms with van der Waals surface area (Å²) in [5, 5.41) is 12.1. The number of nitrogens with two attached hydrogens (primary N) is 1. The van der Waals surface area contributed by atoms with Crippen LogP contribution in [0.1, 0.15) is 31.9 Å². The lowest BCUT2D eigenvalue weighted by Crippen LogP contribution is -2.41. The predicted molar refractivity (Wildman–Crippen MR) is 62.9 cm³/mol. The Morgan fingerprint density at radius 1 is 1.56 bits per heavy atom. The standard InChI is InChI=1S/C12H18N2O2/c1-3-11(13)12(16)14-8(2)9-5-4-6-10(15)7-9/h4-8,11,15H,3,13H2,1-2H3,(H,14,16)/t8?,11-/m0/s1. The first-order valence-electron chi connectivity index (χ1n) is 5.39. The van der Waals surface area contributed by atoms with Crippen molar-refractivity contribution in [3.05, 3.63) is 29.8 Å². The van der Waals surface area contributed by atoms with E-state index in [1.165, 1.54) is 0 Å². The number of phenolic OH excluding ortho intramolecular Hbond substituents is 1. The quantitative estimate of drug-likeness (QED) is 0.719. The Morgan fingerprint density at radius 3 is 2.81 bits per heavy atom. The lowest BCUT2D eigenvalue weighted by atomic mass is 10.1. The van der Waals surface area contributed by atoms with Crippen LogP contribution in [0.4, 0.5) is 0 Å². The summed E-state index contributed by atoms with van der Waals surface area (Å²) in [5.41, 5.74) is 6.47. The van der Waals surface area contributed by atoms with Gasteiger partial charge in [0.05, 0.1) is 12.1 Å². The van der Waals surface area contributed by atoms with E-state index >= 15 is 0 Å². The van der Waals surface area contributed by atoms with Crippen molar-refractivity contribution < 1.29 is 9.90 Å². The fourth-order valence-corrected chi connectivity index (χ4v) is 1.38. The number of nitrogens with one attached hydrogen (secondary N) is 1. The van der Waals surface area contributed by atoms with Crippen LogP contribution in [0.25, 0.3) is 0 Å². The Morgan fingerprint density at radius 2 is 2.25 bits per heavy atom. The number of rotatable bonds is 4. The minimum atomic E-state index is -0.472. The maximum Gasteiger partial charge on any atom is 0.237 e. The highest BCUT2D eigenvalue weighted by Gasteiger charge is 2.14. The molecule has 0 spiro atoms. The summed E-state index contributed by atoms with van der Waals surface area (Å²) in [6.07, 6.45) is 0.610. The fourth-order valence-electron chi connectivity index (χ4n) is 1.38. The molecule has 1 amide bonds. The van der Waals surface area contributed by atoms with E-state index in [0.29, 0.717) is 6.42 Å². The second kappa shape index (κ2) is 5.51. The first-order chi connectivity index (χ1) is 7.54. The minimum absolute atomic E-state index is 0.155. The monoisotopic (exact) mass is 222 g/mol. The van der Waals surface area contributed by atoms with E-state index in [1.807, 2.05) is 19.9 Å². The van der Waals surface area contributed by atoms with Gasteiger partial charge in [-0.3, -0.25) is 4.79 Å². The van der Waals surface area contributed by atoms with Crippen LogP contribution in [-0.4, -0.2) is 17.1 Å². The number of phenols is 1. The molecule has 16 heavy (non-hydrogen) atoms. The normalized spacial score (nSPS) is 14.2. The third-order valence-corrected chi connectivity index (χ3v) is 2.51. The van der Waals surface area contributed by atoms with Gasteiger partial charge in [-0.2, -0.15) is 0 Å². The zero-order valence-electron chi connectivity index (χ0n) is 9.60. The number of benzene rings is 1. The Kier molecular flexibility index (Phi) is 4.31. The van der Waals surface area contributed by atoms with E-state index in [9.17, 15) is 9.90 Å². The van der Waals surface area contributed by atoms with Crippen molar-refractivity contribution >= 4 is 5.91 Å². The molecule has 1 aromatic rings. The van der Waals surface area contributed by atoms with Crippen LogP contribution in [0.5, 0.6) is 5.75 Å². The van der Waals surface area contributed by atoms with Crippen molar-refractivity contribution in [3.63, 3.8) is 0 Å². The summed E-state index contributed by atoms with van der Waals surface area (Å²) < 4.78 is 0. The van der Waals surface area contributed by atoms with E-state index in [0.717, 1.165) is 5.56 Å². The molecule has 0 aromatic heterocycles. The fraction of sp³-hybridized carbons (Fsp3) is 0.417. The highest BCUT2D eigenvalue weighted by atomic mass is 16.3. The summed E-state index contributed by atoms with van der Waals surface area (Å²) in [4.78, 5) is 11.5. The second-order valence-corrected chi connectivity index (χ2v) is 3.84. The molecular formula is C12H18N2O2. The SMILES string of the molecule is CC[C@H](N)C(=O)NC(C)c1cccc(O)c1. The van der Waals surface area contributed by atoms with Crippen LogP contribution in [0.3, 0.4) is 0 Å². The molecule has 0 saturated carbocycles. The van der Waals surface area contributed by atoms with Crippen LogP contribution in [0.15, 0.2) is 24.3 Å². The zero-order chi connectivity index (χ0) is 12.1. The van der Waals surface area contributed by atoms with Gasteiger partial charge < -0.3 is 16.2 Å². The van der Waals surface area contributed by atoms with Gasteiger partial charge in [0.2, 0.25) is 5.91 Å². The summed E-state index contributed by atoms with van der Waals surface area (Å²) >= 11 is 0. The van der Waals surface area contributed by atoms with E-state index in [4.69, 9.17) is 5.73 Å². The smallest absolute Gasteiger partial charge is 0.237 e. The highest BCUT2D eigenvalue weighted by molar-refractivity contribution is 5.81. The number of hydrogen-bond donors (Lipinski definition) is 3. The van der Waals surface area contributed by atoms with Crippen molar-refractivity contribution in [3.8, 4) is 5.75 Å². The van der Waals surface area contributed by atoms with E-state index in [-0.39, 0.29) is 17.7 Å². The molecule has 88 valence electrons. The molecule has 0 aliphatic heterocycles. The molecule has 1 rings (SSSR count). The molecule has 0 aliphatic rings. The Labute approximate surface area is 95.5 Å². The molecule has 1 unspecified atom stereocenters. The lowest BCUT2D eigenvalue weighted by Gasteiger charge is -2.17. The van der Waals surface area contributed by atoms with Crippen molar-refractivity contribution in [1.29, 1.82) is 0 Å². The summed E-state index contributed by atoms with van der Waals surface area (Å²) in [5.74, 6) is 0.0248. The van der Waals surface area contributed by atoms with Gasteiger partial charge in [0.25, 0.3) is 0 Å². The van der Waals surface area contributed by atoms with E-state index in [2.05, 4.69) is 5.32 Å². The average Bonchev–Trinajstić information content (AvgIpc) is 2.27. The van der Waals surface area contributed by atoms with Crippen LogP contribution in [0, 0.1) is 0 Å². The van der Waals surface area contributed by atoms with Crippen LogP contribution in [0.2, 0.25) is 0 Å².